The molecule has 0 saturated carbocycles. The van der Waals surface area contributed by atoms with Crippen molar-refractivity contribution >= 4 is 12.0 Å². The number of carbonyl (C=O) groups excluding carboxylic acids is 1. The van der Waals surface area contributed by atoms with E-state index in [2.05, 4.69) is 10.3 Å². The Hall–Kier alpha value is -1.64. The maximum atomic E-state index is 10.4. The van der Waals surface area contributed by atoms with Gasteiger partial charge in [-0.05, 0) is 6.08 Å². The zero-order chi connectivity index (χ0) is 8.39. The molecular formula is C9H8N2O. The molecule has 0 saturated heterocycles. The predicted octanol–water partition coefficient (Wildman–Crippen LogP) is 0.565. The number of hydrogen-bond acceptors (Lipinski definition) is 3. The highest BCUT2D eigenvalue weighted by atomic mass is 16.1. The molecule has 2 rings (SSSR count). The number of aldehydes is 1. The van der Waals surface area contributed by atoms with Gasteiger partial charge in [0.2, 0.25) is 0 Å². The average Bonchev–Trinajstić information content (AvgIpc) is 2.17. The monoisotopic (exact) mass is 160 g/mol. The van der Waals surface area contributed by atoms with Gasteiger partial charge < -0.3 is 5.32 Å². The van der Waals surface area contributed by atoms with E-state index >= 15 is 0 Å². The molecular weight excluding hydrogens is 152 g/mol. The lowest BCUT2D eigenvalue weighted by Gasteiger charge is -2.20. The fraction of sp³-hybridized carbons (Fsp3) is 0.111. The lowest BCUT2D eigenvalue weighted by atomic mass is 10.1. The third kappa shape index (κ3) is 1.09. The molecule has 0 aromatic heterocycles. The summed E-state index contributed by atoms with van der Waals surface area (Å²) in [6, 6.07) is 0.0696. The first-order valence-corrected chi connectivity index (χ1v) is 3.74. The molecule has 12 heavy (non-hydrogen) atoms. The van der Waals surface area contributed by atoms with E-state index in [1.807, 2.05) is 24.3 Å². The van der Waals surface area contributed by atoms with Crippen LogP contribution in [0.5, 0.6) is 0 Å². The largest absolute Gasteiger partial charge is 0.369 e. The summed E-state index contributed by atoms with van der Waals surface area (Å²) in [5.74, 6) is 0. The van der Waals surface area contributed by atoms with Crippen LogP contribution in [0.15, 0.2) is 41.2 Å². The van der Waals surface area contributed by atoms with Gasteiger partial charge in [-0.1, -0.05) is 18.2 Å². The van der Waals surface area contributed by atoms with Crippen LogP contribution in [-0.4, -0.2) is 18.0 Å². The summed E-state index contributed by atoms with van der Waals surface area (Å²) in [6.07, 6.45) is 10.1. The zero-order valence-corrected chi connectivity index (χ0v) is 6.40. The second kappa shape index (κ2) is 2.77. The van der Waals surface area contributed by atoms with Crippen molar-refractivity contribution in [2.24, 2.45) is 4.99 Å². The zero-order valence-electron chi connectivity index (χ0n) is 6.40. The predicted molar refractivity (Wildman–Crippen MR) is 46.8 cm³/mol. The SMILES string of the molecule is O=CC1=CN=C2C=CC=C[C@H]2N1. The van der Waals surface area contributed by atoms with Crippen molar-refractivity contribution in [1.82, 2.24) is 5.32 Å². The third-order valence-corrected chi connectivity index (χ3v) is 1.80. The molecule has 1 heterocycles. The van der Waals surface area contributed by atoms with Crippen LogP contribution in [-0.2, 0) is 4.79 Å². The molecule has 0 aromatic rings. The van der Waals surface area contributed by atoms with Gasteiger partial charge in [-0.25, -0.2) is 0 Å². The van der Waals surface area contributed by atoms with Crippen molar-refractivity contribution in [3.63, 3.8) is 0 Å². The summed E-state index contributed by atoms with van der Waals surface area (Å²) in [7, 11) is 0. The van der Waals surface area contributed by atoms with Crippen molar-refractivity contribution in [2.45, 2.75) is 6.04 Å². The van der Waals surface area contributed by atoms with Gasteiger partial charge in [0.25, 0.3) is 0 Å². The van der Waals surface area contributed by atoms with Crippen molar-refractivity contribution in [3.8, 4) is 0 Å². The first kappa shape index (κ1) is 7.03. The van der Waals surface area contributed by atoms with Gasteiger partial charge in [0, 0.05) is 0 Å². The highest BCUT2D eigenvalue weighted by Gasteiger charge is 2.16. The van der Waals surface area contributed by atoms with Gasteiger partial charge in [0.1, 0.15) is 0 Å². The van der Waals surface area contributed by atoms with E-state index in [0.29, 0.717) is 5.70 Å². The van der Waals surface area contributed by atoms with Crippen LogP contribution < -0.4 is 5.32 Å². The summed E-state index contributed by atoms with van der Waals surface area (Å²) in [5, 5.41) is 3.03. The number of aliphatic imine (C=N–C) groups is 1. The van der Waals surface area contributed by atoms with Crippen LogP contribution in [0.4, 0.5) is 0 Å². The molecule has 3 heteroatoms. The Morgan fingerprint density at radius 3 is 3.25 bits per heavy atom. The Kier molecular flexibility index (Phi) is 1.63. The Morgan fingerprint density at radius 2 is 2.42 bits per heavy atom. The van der Waals surface area contributed by atoms with Gasteiger partial charge in [0.15, 0.2) is 6.29 Å². The number of allylic oxidation sites excluding steroid dienone is 3. The fourth-order valence-corrected chi connectivity index (χ4v) is 1.20. The molecule has 1 aliphatic carbocycles. The second-order valence-electron chi connectivity index (χ2n) is 2.62. The minimum absolute atomic E-state index is 0.0696. The number of fused-ring (bicyclic) bond motifs is 1. The molecule has 0 fully saturated rings. The number of rotatable bonds is 1. The molecule has 1 atom stereocenters. The van der Waals surface area contributed by atoms with Crippen molar-refractivity contribution in [3.05, 3.63) is 36.2 Å². The van der Waals surface area contributed by atoms with E-state index in [-0.39, 0.29) is 6.04 Å². The lowest BCUT2D eigenvalue weighted by Crippen LogP contribution is -2.37. The van der Waals surface area contributed by atoms with Crippen LogP contribution in [0.25, 0.3) is 0 Å². The van der Waals surface area contributed by atoms with E-state index in [1.54, 1.807) is 6.20 Å². The quantitative estimate of drug-likeness (QED) is 0.569. The maximum Gasteiger partial charge on any atom is 0.167 e. The van der Waals surface area contributed by atoms with Crippen molar-refractivity contribution in [1.29, 1.82) is 0 Å². The van der Waals surface area contributed by atoms with Crippen LogP contribution in [0.2, 0.25) is 0 Å². The molecule has 0 amide bonds. The highest BCUT2D eigenvalue weighted by Crippen LogP contribution is 2.08. The molecule has 2 aliphatic rings. The summed E-state index contributed by atoms with van der Waals surface area (Å²) in [4.78, 5) is 14.5. The second-order valence-corrected chi connectivity index (χ2v) is 2.62. The van der Waals surface area contributed by atoms with Crippen LogP contribution in [0.1, 0.15) is 0 Å². The minimum Gasteiger partial charge on any atom is -0.369 e. The molecule has 0 bridgehead atoms. The van der Waals surface area contributed by atoms with Crippen LogP contribution in [0, 0.1) is 0 Å². The Bertz CT molecular complexity index is 323. The van der Waals surface area contributed by atoms with Crippen LogP contribution in [0.3, 0.4) is 0 Å². The highest BCUT2D eigenvalue weighted by molar-refractivity contribution is 6.03. The fourth-order valence-electron chi connectivity index (χ4n) is 1.20. The minimum atomic E-state index is 0.0696. The summed E-state index contributed by atoms with van der Waals surface area (Å²) >= 11 is 0. The molecule has 1 N–H and O–H groups in total. The smallest absolute Gasteiger partial charge is 0.167 e. The van der Waals surface area contributed by atoms with Gasteiger partial charge in [-0.15, -0.1) is 0 Å². The molecule has 0 spiro atoms. The Labute approximate surface area is 70.2 Å². The number of nitrogens with zero attached hydrogens (tertiary/aromatic N) is 1. The van der Waals surface area contributed by atoms with Gasteiger partial charge in [-0.3, -0.25) is 9.79 Å². The molecule has 0 unspecified atom stereocenters. The average molecular weight is 160 g/mol. The Balaban J connectivity index is 2.31. The van der Waals surface area contributed by atoms with Crippen LogP contribution >= 0.6 is 0 Å². The first-order valence-electron chi connectivity index (χ1n) is 3.74. The van der Waals surface area contributed by atoms with E-state index < -0.39 is 0 Å². The number of hydrogen-bond donors (Lipinski definition) is 1. The Morgan fingerprint density at radius 1 is 1.50 bits per heavy atom. The van der Waals surface area contributed by atoms with E-state index in [9.17, 15) is 4.79 Å². The molecule has 0 radical (unpaired) electrons. The third-order valence-electron chi connectivity index (χ3n) is 1.80. The van der Waals surface area contributed by atoms with Gasteiger partial charge in [-0.2, -0.15) is 0 Å². The molecule has 0 aromatic carbocycles. The topological polar surface area (TPSA) is 41.5 Å². The normalized spacial score (nSPS) is 25.2. The summed E-state index contributed by atoms with van der Waals surface area (Å²) < 4.78 is 0. The lowest BCUT2D eigenvalue weighted by molar-refractivity contribution is -0.105. The maximum absolute atomic E-state index is 10.4. The van der Waals surface area contributed by atoms with E-state index in [0.717, 1.165) is 12.0 Å². The van der Waals surface area contributed by atoms with E-state index in [4.69, 9.17) is 0 Å². The van der Waals surface area contributed by atoms with Crippen molar-refractivity contribution in [2.75, 3.05) is 0 Å². The standard InChI is InChI=1S/C9H8N2O/c12-6-7-5-10-8-3-1-2-4-9(8)11-7/h1-6,9,11H/t9-/m1/s1. The molecule has 60 valence electrons. The summed E-state index contributed by atoms with van der Waals surface area (Å²) in [6.45, 7) is 0. The van der Waals surface area contributed by atoms with Gasteiger partial charge in [0.05, 0.1) is 23.7 Å². The summed E-state index contributed by atoms with van der Waals surface area (Å²) in [5.41, 5.74) is 1.48. The first-order chi connectivity index (χ1) is 5.90. The number of nitrogens with one attached hydrogen (secondary N) is 1. The molecule has 1 aliphatic heterocycles. The van der Waals surface area contributed by atoms with E-state index in [1.165, 1.54) is 0 Å². The number of carbonyl (C=O) groups is 1. The molecule has 3 nitrogen and oxygen atoms in total. The van der Waals surface area contributed by atoms with Crippen molar-refractivity contribution < 1.29 is 4.79 Å². The van der Waals surface area contributed by atoms with Gasteiger partial charge >= 0.3 is 0 Å².